The van der Waals surface area contributed by atoms with Crippen LogP contribution in [0.2, 0.25) is 0 Å². The predicted octanol–water partition coefficient (Wildman–Crippen LogP) is 1.95. The summed E-state index contributed by atoms with van der Waals surface area (Å²) in [5.41, 5.74) is 3.30. The van der Waals surface area contributed by atoms with Crippen molar-refractivity contribution in [3.05, 3.63) is 11.1 Å². The summed E-state index contributed by atoms with van der Waals surface area (Å²) in [7, 11) is 3.75. The zero-order chi connectivity index (χ0) is 7.28. The summed E-state index contributed by atoms with van der Waals surface area (Å²) in [6.07, 6.45) is 2.61. The van der Waals surface area contributed by atoms with Crippen molar-refractivity contribution in [3.8, 4) is 0 Å². The molecule has 0 spiro atoms. The molecule has 1 nitrogen and oxygen atoms in total. The monoisotopic (exact) mass is 127 g/mol. The molecule has 54 valence electrons. The Hall–Kier alpha value is -0.300. The maximum atomic E-state index is 2.75. The Morgan fingerprint density at radius 1 is 1.44 bits per heavy atom. The van der Waals surface area contributed by atoms with Crippen LogP contribution in [0.15, 0.2) is 11.1 Å². The maximum Gasteiger partial charge on any atom is -0.0106 e. The SMILES string of the molecule is CCC1=C(C)C1.CNC. The van der Waals surface area contributed by atoms with Gasteiger partial charge in [-0.05, 0) is 33.9 Å². The van der Waals surface area contributed by atoms with Crippen molar-refractivity contribution in [1.29, 1.82) is 0 Å². The lowest BCUT2D eigenvalue weighted by Gasteiger charge is -1.67. The molecule has 9 heavy (non-hydrogen) atoms. The number of nitrogens with one attached hydrogen (secondary N) is 1. The molecule has 0 bridgehead atoms. The van der Waals surface area contributed by atoms with Crippen molar-refractivity contribution in [2.75, 3.05) is 14.1 Å². The fourth-order valence-electron chi connectivity index (χ4n) is 0.703. The molecule has 0 aliphatic heterocycles. The third-order valence-corrected chi connectivity index (χ3v) is 1.38. The first-order chi connectivity index (χ1) is 4.26. The van der Waals surface area contributed by atoms with E-state index in [1.165, 1.54) is 12.8 Å². The van der Waals surface area contributed by atoms with E-state index in [0.717, 1.165) is 0 Å². The predicted molar refractivity (Wildman–Crippen MR) is 42.6 cm³/mol. The minimum Gasteiger partial charge on any atom is -0.323 e. The van der Waals surface area contributed by atoms with Gasteiger partial charge in [0, 0.05) is 0 Å². The van der Waals surface area contributed by atoms with E-state index in [2.05, 4.69) is 19.2 Å². The van der Waals surface area contributed by atoms with Gasteiger partial charge in [0.2, 0.25) is 0 Å². The number of allylic oxidation sites excluding steroid dienone is 2. The summed E-state index contributed by atoms with van der Waals surface area (Å²) in [5, 5.41) is 2.75. The van der Waals surface area contributed by atoms with Gasteiger partial charge in [0.15, 0.2) is 0 Å². The Labute approximate surface area is 58.2 Å². The molecule has 0 heterocycles. The molecule has 0 atom stereocenters. The Morgan fingerprint density at radius 3 is 1.78 bits per heavy atom. The second-order valence-corrected chi connectivity index (χ2v) is 2.41. The highest BCUT2D eigenvalue weighted by molar-refractivity contribution is 5.31. The molecule has 0 saturated heterocycles. The van der Waals surface area contributed by atoms with Gasteiger partial charge in [-0.2, -0.15) is 0 Å². The van der Waals surface area contributed by atoms with E-state index >= 15 is 0 Å². The van der Waals surface area contributed by atoms with Gasteiger partial charge in [0.05, 0.1) is 0 Å². The van der Waals surface area contributed by atoms with Crippen LogP contribution >= 0.6 is 0 Å². The largest absolute Gasteiger partial charge is 0.323 e. The van der Waals surface area contributed by atoms with Crippen LogP contribution in [0.5, 0.6) is 0 Å². The molecule has 0 aromatic heterocycles. The minimum atomic E-state index is 1.28. The Morgan fingerprint density at radius 2 is 1.78 bits per heavy atom. The molecular formula is C8H17N. The average Bonchev–Trinajstić information content (AvgIpc) is 2.49. The van der Waals surface area contributed by atoms with Gasteiger partial charge in [-0.15, -0.1) is 0 Å². The molecule has 0 radical (unpaired) electrons. The highest BCUT2D eigenvalue weighted by Crippen LogP contribution is 2.31. The van der Waals surface area contributed by atoms with Gasteiger partial charge >= 0.3 is 0 Å². The van der Waals surface area contributed by atoms with E-state index in [1.807, 2.05) is 14.1 Å². The Bertz CT molecular complexity index is 103. The lowest BCUT2D eigenvalue weighted by molar-refractivity contribution is 1.02. The molecule has 1 rings (SSSR count). The van der Waals surface area contributed by atoms with E-state index in [4.69, 9.17) is 0 Å². The molecule has 0 fully saturated rings. The minimum absolute atomic E-state index is 1.28. The molecule has 1 N–H and O–H groups in total. The molecule has 0 aromatic carbocycles. The molecular weight excluding hydrogens is 110 g/mol. The van der Waals surface area contributed by atoms with Crippen LogP contribution < -0.4 is 5.32 Å². The fraction of sp³-hybridized carbons (Fsp3) is 0.750. The number of hydrogen-bond acceptors (Lipinski definition) is 1. The smallest absolute Gasteiger partial charge is 0.0106 e. The lowest BCUT2D eigenvalue weighted by Crippen LogP contribution is -1.89. The van der Waals surface area contributed by atoms with Crippen LogP contribution in [0.1, 0.15) is 26.7 Å². The Balaban J connectivity index is 0.000000187. The number of hydrogen-bond donors (Lipinski definition) is 1. The highest BCUT2D eigenvalue weighted by Gasteiger charge is 2.11. The highest BCUT2D eigenvalue weighted by atomic mass is 14.7. The van der Waals surface area contributed by atoms with Gasteiger partial charge in [0.1, 0.15) is 0 Å². The summed E-state index contributed by atoms with van der Waals surface area (Å²) >= 11 is 0. The summed E-state index contributed by atoms with van der Waals surface area (Å²) in [4.78, 5) is 0. The van der Waals surface area contributed by atoms with Crippen LogP contribution in [0.4, 0.5) is 0 Å². The molecule has 0 amide bonds. The van der Waals surface area contributed by atoms with Crippen molar-refractivity contribution >= 4 is 0 Å². The van der Waals surface area contributed by atoms with Gasteiger partial charge in [-0.1, -0.05) is 18.1 Å². The van der Waals surface area contributed by atoms with Crippen LogP contribution in [-0.2, 0) is 0 Å². The zero-order valence-electron chi connectivity index (χ0n) is 6.91. The van der Waals surface area contributed by atoms with E-state index < -0.39 is 0 Å². The Kier molecular flexibility index (Phi) is 4.41. The third kappa shape index (κ3) is 4.22. The lowest BCUT2D eigenvalue weighted by atomic mass is 10.4. The second kappa shape index (κ2) is 4.57. The van der Waals surface area contributed by atoms with Crippen LogP contribution in [-0.4, -0.2) is 14.1 Å². The quantitative estimate of drug-likeness (QED) is 0.531. The maximum absolute atomic E-state index is 2.75. The average molecular weight is 127 g/mol. The van der Waals surface area contributed by atoms with Crippen molar-refractivity contribution in [1.82, 2.24) is 5.32 Å². The molecule has 0 saturated carbocycles. The van der Waals surface area contributed by atoms with Gasteiger partial charge in [-0.3, -0.25) is 0 Å². The standard InChI is InChI=1S/C6H10.C2H7N/c1-3-6-4-5(6)2;1-3-2/h3-4H2,1-2H3;3H,1-2H3. The summed E-state index contributed by atoms with van der Waals surface area (Å²) in [5.74, 6) is 0. The zero-order valence-corrected chi connectivity index (χ0v) is 6.91. The molecule has 0 aromatic rings. The summed E-state index contributed by atoms with van der Waals surface area (Å²) < 4.78 is 0. The van der Waals surface area contributed by atoms with Crippen molar-refractivity contribution < 1.29 is 0 Å². The first kappa shape index (κ1) is 8.70. The number of rotatable bonds is 1. The summed E-state index contributed by atoms with van der Waals surface area (Å²) in [6, 6.07) is 0. The molecule has 1 aliphatic carbocycles. The normalized spacial score (nSPS) is 14.7. The first-order valence-corrected chi connectivity index (χ1v) is 3.52. The van der Waals surface area contributed by atoms with E-state index in [9.17, 15) is 0 Å². The topological polar surface area (TPSA) is 12.0 Å². The van der Waals surface area contributed by atoms with Gasteiger partial charge < -0.3 is 5.32 Å². The van der Waals surface area contributed by atoms with Crippen molar-refractivity contribution in [2.24, 2.45) is 0 Å². The van der Waals surface area contributed by atoms with Crippen molar-refractivity contribution in [2.45, 2.75) is 26.7 Å². The first-order valence-electron chi connectivity index (χ1n) is 3.52. The van der Waals surface area contributed by atoms with E-state index in [-0.39, 0.29) is 0 Å². The molecule has 0 unspecified atom stereocenters. The fourth-order valence-corrected chi connectivity index (χ4v) is 0.703. The van der Waals surface area contributed by atoms with E-state index in [1.54, 1.807) is 11.1 Å². The van der Waals surface area contributed by atoms with Crippen LogP contribution in [0, 0.1) is 0 Å². The van der Waals surface area contributed by atoms with Gasteiger partial charge in [0.25, 0.3) is 0 Å². The van der Waals surface area contributed by atoms with E-state index in [0.29, 0.717) is 0 Å². The third-order valence-electron chi connectivity index (χ3n) is 1.38. The summed E-state index contributed by atoms with van der Waals surface area (Å²) in [6.45, 7) is 4.42. The molecule has 1 heteroatoms. The van der Waals surface area contributed by atoms with Crippen LogP contribution in [0.25, 0.3) is 0 Å². The van der Waals surface area contributed by atoms with Gasteiger partial charge in [-0.25, -0.2) is 0 Å². The van der Waals surface area contributed by atoms with Crippen molar-refractivity contribution in [3.63, 3.8) is 0 Å². The second-order valence-electron chi connectivity index (χ2n) is 2.41. The van der Waals surface area contributed by atoms with Crippen LogP contribution in [0.3, 0.4) is 0 Å². The molecule has 1 aliphatic rings.